The topological polar surface area (TPSA) is 60.7 Å². The van der Waals surface area contributed by atoms with Crippen molar-refractivity contribution in [2.75, 3.05) is 0 Å². The van der Waals surface area contributed by atoms with E-state index in [0.29, 0.717) is 17.2 Å². The van der Waals surface area contributed by atoms with Gasteiger partial charge in [0.25, 0.3) is 0 Å². The van der Waals surface area contributed by atoms with Crippen LogP contribution in [0.5, 0.6) is 17.2 Å². The van der Waals surface area contributed by atoms with Gasteiger partial charge >= 0.3 is 0 Å². The maximum Gasteiger partial charge on any atom is 0.121 e. The summed E-state index contributed by atoms with van der Waals surface area (Å²) in [6.45, 7) is 14.9. The molecule has 0 aliphatic rings. The summed E-state index contributed by atoms with van der Waals surface area (Å²) in [4.78, 5) is 0. The van der Waals surface area contributed by atoms with Crippen LogP contribution < -0.4 is 0 Å². The van der Waals surface area contributed by atoms with E-state index < -0.39 is 8.07 Å². The Morgan fingerprint density at radius 1 is 0.514 bits per heavy atom. The quantitative estimate of drug-likeness (QED) is 0.267. The molecule has 35 heavy (non-hydrogen) atoms. The van der Waals surface area contributed by atoms with E-state index in [1.165, 1.54) is 0 Å². The fraction of sp³-hybridized carbons (Fsp3) is 0.419. The molecule has 3 nitrogen and oxygen atoms in total. The summed E-state index contributed by atoms with van der Waals surface area (Å²) in [6.07, 6.45) is 0. The smallest absolute Gasteiger partial charge is 0.121 e. The van der Waals surface area contributed by atoms with Crippen molar-refractivity contribution >= 4 is 8.07 Å². The zero-order chi connectivity index (χ0) is 25.9. The summed E-state index contributed by atoms with van der Waals surface area (Å²) in [7, 11) is -2.22. The third kappa shape index (κ3) is 6.10. The van der Waals surface area contributed by atoms with Gasteiger partial charge in [0.2, 0.25) is 0 Å². The van der Waals surface area contributed by atoms with Crippen molar-refractivity contribution in [2.24, 2.45) is 0 Å². The Morgan fingerprint density at radius 3 is 1.00 bits per heavy atom. The van der Waals surface area contributed by atoms with E-state index in [1.807, 2.05) is 54.6 Å². The Labute approximate surface area is 212 Å². The Bertz CT molecular complexity index is 1020. The minimum absolute atomic E-state index is 0.237. The summed E-state index contributed by atoms with van der Waals surface area (Å²) >= 11 is 0. The fourth-order valence-corrected chi connectivity index (χ4v) is 9.22. The molecule has 188 valence electrons. The van der Waals surface area contributed by atoms with Crippen molar-refractivity contribution in [3.05, 3.63) is 88.0 Å². The predicted molar refractivity (Wildman–Crippen MR) is 149 cm³/mol. The second kappa shape index (κ2) is 10.9. The first-order valence-corrected chi connectivity index (χ1v) is 16.0. The highest BCUT2D eigenvalue weighted by Crippen LogP contribution is 2.37. The van der Waals surface area contributed by atoms with Gasteiger partial charge in [-0.15, -0.1) is 0 Å². The minimum atomic E-state index is -2.22. The van der Waals surface area contributed by atoms with E-state index in [4.69, 9.17) is 0 Å². The number of hydrogen-bond acceptors (Lipinski definition) is 3. The predicted octanol–water partition coefficient (Wildman–Crippen LogP) is 7.90. The first kappa shape index (κ1) is 26.9. The molecule has 3 rings (SSSR count). The lowest BCUT2D eigenvalue weighted by Gasteiger charge is -2.30. The van der Waals surface area contributed by atoms with Crippen LogP contribution in [-0.4, -0.2) is 23.4 Å². The molecule has 0 heterocycles. The third-order valence-electron chi connectivity index (χ3n) is 7.17. The Hall–Kier alpha value is -2.72. The molecular formula is C31H42O3Si. The number of aromatic hydroxyl groups is 3. The van der Waals surface area contributed by atoms with Crippen LogP contribution in [0.15, 0.2) is 54.6 Å². The monoisotopic (exact) mass is 490 g/mol. The fourth-order valence-electron chi connectivity index (χ4n) is 5.23. The van der Waals surface area contributed by atoms with E-state index in [2.05, 4.69) is 48.1 Å². The van der Waals surface area contributed by atoms with Crippen LogP contribution in [0, 0.1) is 0 Å². The zero-order valence-corrected chi connectivity index (χ0v) is 23.4. The van der Waals surface area contributed by atoms with Gasteiger partial charge in [-0.25, -0.2) is 0 Å². The molecular weight excluding hydrogens is 448 g/mol. The lowest BCUT2D eigenvalue weighted by molar-refractivity contribution is 0.458. The van der Waals surface area contributed by atoms with E-state index in [9.17, 15) is 15.3 Å². The molecule has 0 fully saturated rings. The highest BCUT2D eigenvalue weighted by molar-refractivity contribution is 6.77. The number of para-hydroxylation sites is 3. The van der Waals surface area contributed by atoms with Gasteiger partial charge in [0.05, 0.1) is 8.07 Å². The number of phenols is 3. The van der Waals surface area contributed by atoms with Gasteiger partial charge in [0.15, 0.2) is 0 Å². The summed E-state index contributed by atoms with van der Waals surface area (Å²) in [5, 5.41) is 33.4. The molecule has 0 saturated carbocycles. The van der Waals surface area contributed by atoms with E-state index in [0.717, 1.165) is 51.5 Å². The molecule has 0 bridgehead atoms. The number of hydrogen-bond donors (Lipinski definition) is 3. The summed E-state index contributed by atoms with van der Waals surface area (Å²) < 4.78 is 0. The summed E-state index contributed by atoms with van der Waals surface area (Å²) in [6, 6.07) is 20.5. The SMILES string of the molecule is CC(C)c1cccc(C[Si](C)(Cc2cccc(C(C)C)c2O)Cc2cccc(C(C)C)c2O)c1O. The Morgan fingerprint density at radius 2 is 0.771 bits per heavy atom. The van der Waals surface area contributed by atoms with Crippen molar-refractivity contribution in [1.82, 2.24) is 0 Å². The van der Waals surface area contributed by atoms with Crippen LogP contribution in [0.1, 0.15) is 92.7 Å². The second-order valence-electron chi connectivity index (χ2n) is 11.4. The van der Waals surface area contributed by atoms with Crippen LogP contribution >= 0.6 is 0 Å². The van der Waals surface area contributed by atoms with Gasteiger partial charge in [0, 0.05) is 0 Å². The molecule has 0 aliphatic heterocycles. The van der Waals surface area contributed by atoms with Gasteiger partial charge in [-0.3, -0.25) is 0 Å². The number of benzene rings is 3. The van der Waals surface area contributed by atoms with Crippen molar-refractivity contribution in [3.8, 4) is 17.2 Å². The molecule has 0 spiro atoms. The Balaban J connectivity index is 2.09. The van der Waals surface area contributed by atoms with Crippen molar-refractivity contribution in [1.29, 1.82) is 0 Å². The molecule has 3 aromatic rings. The van der Waals surface area contributed by atoms with Crippen LogP contribution in [-0.2, 0) is 18.1 Å². The van der Waals surface area contributed by atoms with Crippen molar-refractivity contribution in [3.63, 3.8) is 0 Å². The normalized spacial score (nSPS) is 12.2. The molecule has 0 aromatic heterocycles. The van der Waals surface area contributed by atoms with Crippen LogP contribution in [0.4, 0.5) is 0 Å². The molecule has 3 N–H and O–H groups in total. The van der Waals surface area contributed by atoms with E-state index in [1.54, 1.807) is 0 Å². The zero-order valence-electron chi connectivity index (χ0n) is 22.4. The lowest BCUT2D eigenvalue weighted by Crippen LogP contribution is -2.40. The van der Waals surface area contributed by atoms with Crippen LogP contribution in [0.3, 0.4) is 0 Å². The highest BCUT2D eigenvalue weighted by atomic mass is 28.3. The lowest BCUT2D eigenvalue weighted by atomic mass is 9.99. The highest BCUT2D eigenvalue weighted by Gasteiger charge is 2.32. The van der Waals surface area contributed by atoms with Crippen molar-refractivity contribution < 1.29 is 15.3 Å². The summed E-state index contributed by atoms with van der Waals surface area (Å²) in [5.74, 6) is 1.88. The van der Waals surface area contributed by atoms with Gasteiger partial charge in [-0.05, 0) is 69.3 Å². The van der Waals surface area contributed by atoms with Gasteiger partial charge in [0.1, 0.15) is 17.2 Å². The molecule has 4 heteroatoms. The molecule has 0 amide bonds. The first-order chi connectivity index (χ1) is 16.4. The maximum absolute atomic E-state index is 11.1. The Kier molecular flexibility index (Phi) is 8.37. The first-order valence-electron chi connectivity index (χ1n) is 12.9. The van der Waals surface area contributed by atoms with E-state index in [-0.39, 0.29) is 17.8 Å². The molecule has 0 aliphatic carbocycles. The third-order valence-corrected chi connectivity index (χ3v) is 10.9. The maximum atomic E-state index is 11.1. The standard InChI is InChI=1S/C31H42O3Si/c1-20(2)26-14-8-11-23(29(26)32)17-35(7,18-24-12-9-15-27(21(3)4)30(24)33)19-25-13-10-16-28(22(5)6)31(25)34/h8-16,20-22,32-34H,17-19H2,1-7H3. The number of rotatable bonds is 9. The number of phenolic OH excluding ortho intramolecular Hbond substituents is 3. The molecule has 0 atom stereocenters. The molecule has 0 unspecified atom stereocenters. The van der Waals surface area contributed by atoms with E-state index >= 15 is 0 Å². The molecule has 3 aromatic carbocycles. The average Bonchev–Trinajstić information content (AvgIpc) is 2.77. The summed E-state index contributed by atoms with van der Waals surface area (Å²) in [5.41, 5.74) is 5.78. The largest absolute Gasteiger partial charge is 0.507 e. The van der Waals surface area contributed by atoms with Crippen LogP contribution in [0.2, 0.25) is 6.55 Å². The van der Waals surface area contributed by atoms with Gasteiger partial charge in [-0.1, -0.05) is 103 Å². The van der Waals surface area contributed by atoms with Crippen molar-refractivity contribution in [2.45, 2.75) is 84.0 Å². The van der Waals surface area contributed by atoms with Gasteiger partial charge < -0.3 is 15.3 Å². The van der Waals surface area contributed by atoms with Crippen LogP contribution in [0.25, 0.3) is 0 Å². The van der Waals surface area contributed by atoms with Gasteiger partial charge in [-0.2, -0.15) is 0 Å². The molecule has 0 radical (unpaired) electrons. The minimum Gasteiger partial charge on any atom is -0.507 e. The average molecular weight is 491 g/mol. The second-order valence-corrected chi connectivity index (χ2v) is 16.1. The molecule has 0 saturated heterocycles.